The van der Waals surface area contributed by atoms with E-state index in [1.54, 1.807) is 12.1 Å². The summed E-state index contributed by atoms with van der Waals surface area (Å²) in [6.45, 7) is 0.422. The summed E-state index contributed by atoms with van der Waals surface area (Å²) in [4.78, 5) is 8.20. The van der Waals surface area contributed by atoms with Crippen molar-refractivity contribution in [1.29, 1.82) is 0 Å². The Hall–Kier alpha value is -2.72. The molecule has 110 valence electrons. The van der Waals surface area contributed by atoms with Gasteiger partial charge in [-0.2, -0.15) is 0 Å². The number of hydrogen-bond acceptors (Lipinski definition) is 5. The fourth-order valence-electron chi connectivity index (χ4n) is 2.00. The molecule has 1 N–H and O–H groups in total. The molecule has 0 saturated carbocycles. The zero-order chi connectivity index (χ0) is 15.5. The largest absolute Gasteiger partial charge is 0.357 e. The Morgan fingerprint density at radius 1 is 1.36 bits per heavy atom. The van der Waals surface area contributed by atoms with E-state index >= 15 is 0 Å². The molecule has 0 amide bonds. The second kappa shape index (κ2) is 5.95. The number of rotatable bonds is 4. The Bertz CT molecular complexity index is 849. The maximum Gasteiger partial charge on any atom is 0.184 e. The van der Waals surface area contributed by atoms with E-state index in [0.29, 0.717) is 34.1 Å². The van der Waals surface area contributed by atoms with Crippen LogP contribution in [-0.2, 0) is 6.54 Å². The summed E-state index contributed by atoms with van der Waals surface area (Å²) in [5.41, 5.74) is 1.26. The first-order valence-corrected chi connectivity index (χ1v) is 6.73. The Labute approximate surface area is 130 Å². The van der Waals surface area contributed by atoms with Crippen molar-refractivity contribution in [2.75, 3.05) is 11.9 Å². The number of hydrogen-bond donors (Lipinski definition) is 1. The molecule has 0 unspecified atom stereocenters. The first kappa shape index (κ1) is 14.2. The molecule has 22 heavy (non-hydrogen) atoms. The number of aromatic nitrogens is 5. The van der Waals surface area contributed by atoms with Crippen LogP contribution in [0.1, 0.15) is 5.56 Å². The summed E-state index contributed by atoms with van der Waals surface area (Å²) in [5.74, 6) is 2.52. The minimum atomic E-state index is -0.407. The van der Waals surface area contributed by atoms with Gasteiger partial charge in [-0.1, -0.05) is 28.8 Å². The molecule has 0 aliphatic rings. The molecular weight excluding hydrogens is 307 g/mol. The van der Waals surface area contributed by atoms with Crippen LogP contribution in [0.5, 0.6) is 0 Å². The van der Waals surface area contributed by atoms with Gasteiger partial charge in [-0.15, -0.1) is 11.5 Å². The van der Waals surface area contributed by atoms with Crippen LogP contribution in [0.2, 0.25) is 5.02 Å². The number of benzene rings is 1. The molecule has 0 bridgehead atoms. The minimum absolute atomic E-state index is 0.119. The van der Waals surface area contributed by atoms with E-state index in [9.17, 15) is 4.39 Å². The SMILES string of the molecule is C#CCNc1ncnc2c1nnn2Cc1c(F)cccc1Cl. The van der Waals surface area contributed by atoms with Crippen molar-refractivity contribution in [2.24, 2.45) is 0 Å². The number of terminal acetylenes is 1. The molecule has 0 aliphatic carbocycles. The third-order valence-electron chi connectivity index (χ3n) is 3.03. The van der Waals surface area contributed by atoms with Gasteiger partial charge in [0.15, 0.2) is 17.0 Å². The van der Waals surface area contributed by atoms with E-state index in [-0.39, 0.29) is 6.54 Å². The lowest BCUT2D eigenvalue weighted by Crippen LogP contribution is -2.06. The normalized spacial score (nSPS) is 10.6. The molecule has 6 nitrogen and oxygen atoms in total. The van der Waals surface area contributed by atoms with Gasteiger partial charge in [0.2, 0.25) is 0 Å². The van der Waals surface area contributed by atoms with E-state index in [1.165, 1.54) is 17.1 Å². The molecule has 2 aromatic heterocycles. The lowest BCUT2D eigenvalue weighted by atomic mass is 10.2. The molecule has 0 saturated heterocycles. The van der Waals surface area contributed by atoms with Crippen LogP contribution >= 0.6 is 11.6 Å². The Morgan fingerprint density at radius 3 is 3.00 bits per heavy atom. The standard InChI is InChI=1S/C14H10ClFN6/c1-2-6-17-13-12-14(19-8-18-13)22(21-20-12)7-9-10(15)4-3-5-11(9)16/h1,3-5,8H,6-7H2,(H,17,18,19). The summed E-state index contributed by atoms with van der Waals surface area (Å²) < 4.78 is 15.3. The van der Waals surface area contributed by atoms with Crippen molar-refractivity contribution in [2.45, 2.75) is 6.54 Å². The first-order chi connectivity index (χ1) is 10.7. The zero-order valence-electron chi connectivity index (χ0n) is 11.3. The van der Waals surface area contributed by atoms with E-state index in [4.69, 9.17) is 18.0 Å². The summed E-state index contributed by atoms with van der Waals surface area (Å²) in [6.07, 6.45) is 6.57. The molecule has 0 aliphatic heterocycles. The Kier molecular flexibility index (Phi) is 3.85. The average molecular weight is 317 g/mol. The predicted molar refractivity (Wildman–Crippen MR) is 81.0 cm³/mol. The van der Waals surface area contributed by atoms with Crippen LogP contribution in [-0.4, -0.2) is 31.5 Å². The highest BCUT2D eigenvalue weighted by atomic mass is 35.5. The van der Waals surface area contributed by atoms with Crippen LogP contribution < -0.4 is 5.32 Å². The van der Waals surface area contributed by atoms with E-state index in [1.807, 2.05) is 0 Å². The van der Waals surface area contributed by atoms with Gasteiger partial charge in [0.25, 0.3) is 0 Å². The van der Waals surface area contributed by atoms with E-state index in [2.05, 4.69) is 31.5 Å². The molecule has 0 spiro atoms. The molecule has 8 heteroatoms. The summed E-state index contributed by atoms with van der Waals surface area (Å²) in [5, 5.41) is 11.3. The molecule has 2 heterocycles. The third-order valence-corrected chi connectivity index (χ3v) is 3.38. The van der Waals surface area contributed by atoms with Crippen molar-refractivity contribution in [3.05, 3.63) is 40.9 Å². The van der Waals surface area contributed by atoms with Gasteiger partial charge in [0.1, 0.15) is 12.1 Å². The number of nitrogens with one attached hydrogen (secondary N) is 1. The van der Waals surface area contributed by atoms with Gasteiger partial charge in [-0.3, -0.25) is 0 Å². The minimum Gasteiger partial charge on any atom is -0.357 e. The third kappa shape index (κ3) is 2.56. The quantitative estimate of drug-likeness (QED) is 0.747. The molecule has 3 rings (SSSR count). The maximum absolute atomic E-state index is 13.9. The number of anilines is 1. The fraction of sp³-hybridized carbons (Fsp3) is 0.143. The van der Waals surface area contributed by atoms with Crippen LogP contribution in [0.4, 0.5) is 10.2 Å². The molecule has 1 aromatic carbocycles. The zero-order valence-corrected chi connectivity index (χ0v) is 12.0. The van der Waals surface area contributed by atoms with Gasteiger partial charge >= 0.3 is 0 Å². The van der Waals surface area contributed by atoms with Crippen molar-refractivity contribution in [1.82, 2.24) is 25.0 Å². The Balaban J connectivity index is 2.01. The second-order valence-corrected chi connectivity index (χ2v) is 4.81. The van der Waals surface area contributed by atoms with E-state index in [0.717, 1.165) is 0 Å². The number of nitrogens with zero attached hydrogens (tertiary/aromatic N) is 5. The molecule has 3 aromatic rings. The molecule has 0 atom stereocenters. The topological polar surface area (TPSA) is 68.5 Å². The van der Waals surface area contributed by atoms with Crippen LogP contribution in [0, 0.1) is 18.2 Å². The van der Waals surface area contributed by atoms with Gasteiger partial charge in [0, 0.05) is 10.6 Å². The second-order valence-electron chi connectivity index (χ2n) is 4.40. The van der Waals surface area contributed by atoms with Gasteiger partial charge < -0.3 is 5.32 Å². The highest BCUT2D eigenvalue weighted by molar-refractivity contribution is 6.31. The monoisotopic (exact) mass is 316 g/mol. The smallest absolute Gasteiger partial charge is 0.184 e. The predicted octanol–water partition coefficient (Wildman–Crippen LogP) is 2.11. The highest BCUT2D eigenvalue weighted by Crippen LogP contribution is 2.22. The maximum atomic E-state index is 13.9. The van der Waals surface area contributed by atoms with E-state index < -0.39 is 5.82 Å². The lowest BCUT2D eigenvalue weighted by molar-refractivity contribution is 0.582. The molecular formula is C14H10ClFN6. The van der Waals surface area contributed by atoms with Crippen LogP contribution in [0.25, 0.3) is 11.2 Å². The van der Waals surface area contributed by atoms with Gasteiger partial charge in [-0.25, -0.2) is 19.0 Å². The van der Waals surface area contributed by atoms with Crippen molar-refractivity contribution >= 4 is 28.6 Å². The highest BCUT2D eigenvalue weighted by Gasteiger charge is 2.14. The summed E-state index contributed by atoms with van der Waals surface area (Å²) >= 11 is 6.03. The lowest BCUT2D eigenvalue weighted by Gasteiger charge is -2.06. The van der Waals surface area contributed by atoms with Crippen molar-refractivity contribution in [3.8, 4) is 12.3 Å². The molecule has 0 radical (unpaired) electrons. The van der Waals surface area contributed by atoms with Crippen molar-refractivity contribution < 1.29 is 4.39 Å². The number of halogens is 2. The summed E-state index contributed by atoms with van der Waals surface area (Å²) in [7, 11) is 0. The summed E-state index contributed by atoms with van der Waals surface area (Å²) in [6, 6.07) is 4.51. The van der Waals surface area contributed by atoms with Gasteiger partial charge in [-0.05, 0) is 12.1 Å². The van der Waals surface area contributed by atoms with Crippen LogP contribution in [0.15, 0.2) is 24.5 Å². The Morgan fingerprint density at radius 2 is 2.23 bits per heavy atom. The van der Waals surface area contributed by atoms with Crippen molar-refractivity contribution in [3.63, 3.8) is 0 Å². The molecule has 0 fully saturated rings. The first-order valence-electron chi connectivity index (χ1n) is 6.35. The average Bonchev–Trinajstić information content (AvgIpc) is 2.93. The van der Waals surface area contributed by atoms with Gasteiger partial charge in [0.05, 0.1) is 13.1 Å². The van der Waals surface area contributed by atoms with Crippen LogP contribution in [0.3, 0.4) is 0 Å². The fourth-order valence-corrected chi connectivity index (χ4v) is 2.22. The number of fused-ring (bicyclic) bond motifs is 1.